The Bertz CT molecular complexity index is 1060. The third kappa shape index (κ3) is 5.03. The zero-order chi connectivity index (χ0) is 22.6. The molecule has 2 aliphatic rings. The Labute approximate surface area is 197 Å². The number of carbonyl (C=O) groups excluding carboxylic acids is 1. The minimum Gasteiger partial charge on any atom is -0.338 e. The smallest absolute Gasteiger partial charge is 0.270 e. The first-order chi connectivity index (χ1) is 16.2. The van der Waals surface area contributed by atoms with Gasteiger partial charge in [0.1, 0.15) is 5.69 Å². The topological polar surface area (TPSA) is 41.4 Å². The highest BCUT2D eigenvalue weighted by Crippen LogP contribution is 2.26. The lowest BCUT2D eigenvalue weighted by molar-refractivity contribution is 0.0515. The summed E-state index contributed by atoms with van der Waals surface area (Å²) in [6.07, 6.45) is 12.5. The second-order valence-electron chi connectivity index (χ2n) is 9.58. The Kier molecular flexibility index (Phi) is 6.58. The molecule has 3 heterocycles. The minimum absolute atomic E-state index is 0.144. The summed E-state index contributed by atoms with van der Waals surface area (Å²) in [6, 6.07) is 15.4. The number of carbonyl (C=O) groups is 1. The van der Waals surface area contributed by atoms with E-state index in [-0.39, 0.29) is 5.91 Å². The summed E-state index contributed by atoms with van der Waals surface area (Å²) in [5, 5.41) is 0. The molecular formula is C28H34N4O. The number of rotatable bonds is 5. The van der Waals surface area contributed by atoms with Crippen LogP contribution in [-0.4, -0.2) is 57.5 Å². The number of pyridine rings is 1. The van der Waals surface area contributed by atoms with Gasteiger partial charge in [0.2, 0.25) is 0 Å². The third-order valence-corrected chi connectivity index (χ3v) is 7.30. The van der Waals surface area contributed by atoms with Crippen LogP contribution in [-0.2, 0) is 6.54 Å². The maximum atomic E-state index is 13.7. The van der Waals surface area contributed by atoms with Crippen molar-refractivity contribution in [3.8, 4) is 11.1 Å². The first kappa shape index (κ1) is 21.9. The first-order valence-electron chi connectivity index (χ1n) is 12.4. The molecule has 1 saturated carbocycles. The van der Waals surface area contributed by atoms with Crippen LogP contribution in [0.5, 0.6) is 0 Å². The van der Waals surface area contributed by atoms with Crippen molar-refractivity contribution in [2.75, 3.05) is 26.2 Å². The molecule has 2 fully saturated rings. The van der Waals surface area contributed by atoms with Crippen molar-refractivity contribution >= 4 is 5.91 Å². The van der Waals surface area contributed by atoms with E-state index in [1.54, 1.807) is 12.4 Å². The summed E-state index contributed by atoms with van der Waals surface area (Å²) in [5.41, 5.74) is 5.37. The lowest BCUT2D eigenvalue weighted by atomic mass is 9.94. The summed E-state index contributed by atoms with van der Waals surface area (Å²) < 4.78 is 2.12. The van der Waals surface area contributed by atoms with Gasteiger partial charge in [-0.05, 0) is 49.1 Å². The molecule has 172 valence electrons. The Morgan fingerprint density at radius 1 is 0.909 bits per heavy atom. The number of hydrogen-bond acceptors (Lipinski definition) is 3. The van der Waals surface area contributed by atoms with Gasteiger partial charge in [-0.1, -0.05) is 49.1 Å². The van der Waals surface area contributed by atoms with Crippen LogP contribution >= 0.6 is 0 Å². The Morgan fingerprint density at radius 3 is 2.30 bits per heavy atom. The monoisotopic (exact) mass is 442 g/mol. The number of nitrogens with zero attached hydrogens (tertiary/aromatic N) is 4. The van der Waals surface area contributed by atoms with Gasteiger partial charge in [-0.2, -0.15) is 0 Å². The largest absolute Gasteiger partial charge is 0.338 e. The molecule has 5 rings (SSSR count). The molecule has 0 atom stereocenters. The molecule has 0 unspecified atom stereocenters. The fourth-order valence-corrected chi connectivity index (χ4v) is 5.31. The maximum Gasteiger partial charge on any atom is 0.270 e. The number of aromatic nitrogens is 2. The van der Waals surface area contributed by atoms with Gasteiger partial charge in [0.05, 0.1) is 0 Å². The maximum absolute atomic E-state index is 13.7. The molecule has 3 aromatic rings. The highest BCUT2D eigenvalue weighted by Gasteiger charge is 2.29. The number of piperazine rings is 1. The molecule has 5 nitrogen and oxygen atoms in total. The van der Waals surface area contributed by atoms with E-state index >= 15 is 0 Å². The van der Waals surface area contributed by atoms with E-state index < -0.39 is 0 Å². The number of aryl methyl sites for hydroxylation is 1. The molecule has 2 aromatic heterocycles. The summed E-state index contributed by atoms with van der Waals surface area (Å²) >= 11 is 0. The molecule has 1 aliphatic carbocycles. The van der Waals surface area contributed by atoms with Gasteiger partial charge < -0.3 is 9.47 Å². The summed E-state index contributed by atoms with van der Waals surface area (Å²) in [5.74, 6) is 0.144. The minimum atomic E-state index is 0.144. The average molecular weight is 443 g/mol. The third-order valence-electron chi connectivity index (χ3n) is 7.30. The van der Waals surface area contributed by atoms with E-state index in [9.17, 15) is 4.79 Å². The van der Waals surface area contributed by atoms with E-state index in [1.165, 1.54) is 43.2 Å². The van der Waals surface area contributed by atoms with E-state index in [0.717, 1.165) is 49.0 Å². The summed E-state index contributed by atoms with van der Waals surface area (Å²) in [7, 11) is 0. The van der Waals surface area contributed by atoms with Crippen molar-refractivity contribution in [3.63, 3.8) is 0 Å². The van der Waals surface area contributed by atoms with Crippen LogP contribution in [0.4, 0.5) is 0 Å². The predicted molar refractivity (Wildman–Crippen MR) is 132 cm³/mol. The second kappa shape index (κ2) is 9.92. The molecule has 1 aromatic carbocycles. The Morgan fingerprint density at radius 2 is 1.61 bits per heavy atom. The van der Waals surface area contributed by atoms with Crippen LogP contribution < -0.4 is 0 Å². The zero-order valence-electron chi connectivity index (χ0n) is 19.6. The quantitative estimate of drug-likeness (QED) is 0.559. The van der Waals surface area contributed by atoms with E-state index in [1.807, 2.05) is 12.1 Å². The molecule has 1 saturated heterocycles. The average Bonchev–Trinajstić information content (AvgIpc) is 3.30. The second-order valence-corrected chi connectivity index (χ2v) is 9.58. The van der Waals surface area contributed by atoms with Gasteiger partial charge in [-0.25, -0.2) is 0 Å². The highest BCUT2D eigenvalue weighted by molar-refractivity contribution is 5.94. The standard InChI is InChI=1S/C28H34N4O/c1-22-7-9-23(10-8-22)20-32-21-25(24-11-13-29-14-12-24)19-27(32)28(33)31-17-15-30(16-18-31)26-5-3-2-4-6-26/h7-14,19,21,26H,2-6,15-18,20H2,1H3. The molecule has 5 heteroatoms. The number of benzene rings is 1. The first-order valence-corrected chi connectivity index (χ1v) is 12.4. The number of amides is 1. The predicted octanol–water partition coefficient (Wildman–Crippen LogP) is 5.00. The van der Waals surface area contributed by atoms with E-state index in [4.69, 9.17) is 0 Å². The number of hydrogen-bond donors (Lipinski definition) is 0. The van der Waals surface area contributed by atoms with Crippen molar-refractivity contribution in [1.29, 1.82) is 0 Å². The summed E-state index contributed by atoms with van der Waals surface area (Å²) in [6.45, 7) is 6.40. The lowest BCUT2D eigenvalue weighted by Crippen LogP contribution is -2.52. The Hall–Kier alpha value is -2.92. The Balaban J connectivity index is 1.36. The van der Waals surface area contributed by atoms with E-state index in [0.29, 0.717) is 6.54 Å². The van der Waals surface area contributed by atoms with E-state index in [2.05, 4.69) is 62.8 Å². The van der Waals surface area contributed by atoms with Crippen LogP contribution in [0.2, 0.25) is 0 Å². The van der Waals surface area contributed by atoms with Crippen molar-refractivity contribution in [2.24, 2.45) is 0 Å². The van der Waals surface area contributed by atoms with Crippen LogP contribution in [0.3, 0.4) is 0 Å². The lowest BCUT2D eigenvalue weighted by Gasteiger charge is -2.40. The fraction of sp³-hybridized carbons (Fsp3) is 0.429. The van der Waals surface area contributed by atoms with Gasteiger partial charge in [-0.15, -0.1) is 0 Å². The highest BCUT2D eigenvalue weighted by atomic mass is 16.2. The van der Waals surface area contributed by atoms with Gasteiger partial charge in [-0.3, -0.25) is 14.7 Å². The molecule has 0 spiro atoms. The fourth-order valence-electron chi connectivity index (χ4n) is 5.31. The van der Waals surface area contributed by atoms with Gasteiger partial charge in [0.25, 0.3) is 5.91 Å². The molecule has 1 aliphatic heterocycles. The SMILES string of the molecule is Cc1ccc(Cn2cc(-c3ccncc3)cc2C(=O)N2CCN(C3CCCCC3)CC2)cc1. The van der Waals surface area contributed by atoms with Gasteiger partial charge in [0.15, 0.2) is 0 Å². The van der Waals surface area contributed by atoms with Crippen molar-refractivity contribution in [3.05, 3.63) is 77.9 Å². The molecule has 0 radical (unpaired) electrons. The van der Waals surface area contributed by atoms with Crippen molar-refractivity contribution < 1.29 is 4.79 Å². The van der Waals surface area contributed by atoms with Crippen LogP contribution in [0.15, 0.2) is 61.1 Å². The molecule has 1 amide bonds. The van der Waals surface area contributed by atoms with Crippen molar-refractivity contribution in [1.82, 2.24) is 19.4 Å². The molecule has 0 bridgehead atoms. The van der Waals surface area contributed by atoms with Gasteiger partial charge >= 0.3 is 0 Å². The van der Waals surface area contributed by atoms with Crippen molar-refractivity contribution in [2.45, 2.75) is 51.6 Å². The normalized spacial score (nSPS) is 17.9. The van der Waals surface area contributed by atoms with Crippen LogP contribution in [0, 0.1) is 6.92 Å². The van der Waals surface area contributed by atoms with Crippen LogP contribution in [0.25, 0.3) is 11.1 Å². The molecule has 0 N–H and O–H groups in total. The molecule has 33 heavy (non-hydrogen) atoms. The zero-order valence-corrected chi connectivity index (χ0v) is 19.6. The van der Waals surface area contributed by atoms with Gasteiger partial charge in [0, 0.05) is 62.9 Å². The van der Waals surface area contributed by atoms with Crippen LogP contribution in [0.1, 0.15) is 53.7 Å². The summed E-state index contributed by atoms with van der Waals surface area (Å²) in [4.78, 5) is 22.5. The molecular weight excluding hydrogens is 408 g/mol.